The Kier molecular flexibility index (Phi) is 4.85. The van der Waals surface area contributed by atoms with Crippen LogP contribution in [-0.4, -0.2) is 25.6 Å². The van der Waals surface area contributed by atoms with Crippen molar-refractivity contribution >= 4 is 17.9 Å². The van der Waals surface area contributed by atoms with Gasteiger partial charge in [-0.05, 0) is 61.9 Å². The summed E-state index contributed by atoms with van der Waals surface area (Å²) in [7, 11) is 3.22. The summed E-state index contributed by atoms with van der Waals surface area (Å²) in [4.78, 5) is 12.8. The van der Waals surface area contributed by atoms with Gasteiger partial charge in [0.2, 0.25) is 0 Å². The van der Waals surface area contributed by atoms with Gasteiger partial charge in [-0.1, -0.05) is 18.2 Å². The molecule has 26 heavy (non-hydrogen) atoms. The maximum Gasteiger partial charge on any atom is 0.189 e. The minimum atomic E-state index is -0.481. The van der Waals surface area contributed by atoms with Crippen molar-refractivity contribution in [3.05, 3.63) is 65.2 Å². The van der Waals surface area contributed by atoms with Gasteiger partial charge in [0.1, 0.15) is 22.8 Å². The molecule has 1 aliphatic heterocycles. The molecule has 2 aromatic carbocycles. The minimum absolute atomic E-state index is 0.127. The molecule has 0 aromatic heterocycles. The Labute approximate surface area is 153 Å². The van der Waals surface area contributed by atoms with Crippen LogP contribution in [0.5, 0.6) is 17.2 Å². The number of carbonyl (C=O) groups is 1. The molecule has 4 heteroatoms. The number of ether oxygens (including phenoxy) is 3. The lowest BCUT2D eigenvalue weighted by Crippen LogP contribution is -2.28. The highest BCUT2D eigenvalue weighted by molar-refractivity contribution is 6.09. The largest absolute Gasteiger partial charge is 0.497 e. The number of methoxy groups -OCH3 is 2. The zero-order chi connectivity index (χ0) is 18.7. The molecule has 4 nitrogen and oxygen atoms in total. The van der Waals surface area contributed by atoms with Crippen molar-refractivity contribution in [1.82, 2.24) is 0 Å². The molecule has 1 aliphatic rings. The highest BCUT2D eigenvalue weighted by Gasteiger charge is 2.27. The van der Waals surface area contributed by atoms with E-state index in [1.165, 1.54) is 0 Å². The fourth-order valence-corrected chi connectivity index (χ4v) is 2.81. The number of ketones is 1. The molecule has 3 rings (SSSR count). The van der Waals surface area contributed by atoms with E-state index in [1.807, 2.05) is 50.3 Å². The summed E-state index contributed by atoms with van der Waals surface area (Å²) < 4.78 is 16.7. The van der Waals surface area contributed by atoms with Crippen molar-refractivity contribution in [1.29, 1.82) is 0 Å². The van der Waals surface area contributed by atoms with Crippen LogP contribution < -0.4 is 14.2 Å². The molecule has 0 spiro atoms. The Morgan fingerprint density at radius 3 is 2.65 bits per heavy atom. The standard InChI is InChI=1S/C22H22O4/c1-22(2)13-12-18-20(25-4)11-9-17(21(18)26-22)19(23)10-8-15-6-5-7-16(14-15)24-3/h5-14H,1-4H3/b10-8+. The molecule has 0 bridgehead atoms. The van der Waals surface area contributed by atoms with E-state index in [4.69, 9.17) is 14.2 Å². The smallest absolute Gasteiger partial charge is 0.189 e. The number of hydrogen-bond acceptors (Lipinski definition) is 4. The number of hydrogen-bond donors (Lipinski definition) is 0. The fourth-order valence-electron chi connectivity index (χ4n) is 2.81. The molecule has 1 heterocycles. The third kappa shape index (κ3) is 3.64. The zero-order valence-corrected chi connectivity index (χ0v) is 15.4. The van der Waals surface area contributed by atoms with E-state index in [9.17, 15) is 4.79 Å². The van der Waals surface area contributed by atoms with Gasteiger partial charge in [-0.15, -0.1) is 0 Å². The number of rotatable bonds is 5. The topological polar surface area (TPSA) is 44.8 Å². The van der Waals surface area contributed by atoms with Crippen molar-refractivity contribution < 1.29 is 19.0 Å². The summed E-state index contributed by atoms with van der Waals surface area (Å²) in [6.07, 6.45) is 7.22. The molecule has 2 aromatic rings. The van der Waals surface area contributed by atoms with Crippen LogP contribution in [0.2, 0.25) is 0 Å². The van der Waals surface area contributed by atoms with Crippen molar-refractivity contribution in [2.45, 2.75) is 19.4 Å². The Morgan fingerprint density at radius 1 is 1.12 bits per heavy atom. The lowest BCUT2D eigenvalue weighted by atomic mass is 9.97. The average molecular weight is 350 g/mol. The Hall–Kier alpha value is -3.01. The average Bonchev–Trinajstić information content (AvgIpc) is 2.64. The van der Waals surface area contributed by atoms with Crippen molar-refractivity contribution in [2.75, 3.05) is 14.2 Å². The number of carbonyl (C=O) groups excluding carboxylic acids is 1. The van der Waals surface area contributed by atoms with Gasteiger partial charge < -0.3 is 14.2 Å². The second-order valence-corrected chi connectivity index (χ2v) is 6.57. The van der Waals surface area contributed by atoms with Gasteiger partial charge in [0.15, 0.2) is 5.78 Å². The van der Waals surface area contributed by atoms with Crippen molar-refractivity contribution in [2.24, 2.45) is 0 Å². The lowest BCUT2D eigenvalue weighted by Gasteiger charge is -2.29. The summed E-state index contributed by atoms with van der Waals surface area (Å²) in [6.45, 7) is 3.90. The molecule has 0 aliphatic carbocycles. The second-order valence-electron chi connectivity index (χ2n) is 6.57. The third-order valence-corrected chi connectivity index (χ3v) is 4.18. The van der Waals surface area contributed by atoms with Crippen LogP contribution in [0, 0.1) is 0 Å². The van der Waals surface area contributed by atoms with Gasteiger partial charge in [0.05, 0.1) is 25.3 Å². The van der Waals surface area contributed by atoms with E-state index >= 15 is 0 Å². The first-order valence-corrected chi connectivity index (χ1v) is 8.39. The van der Waals surface area contributed by atoms with Crippen LogP contribution >= 0.6 is 0 Å². The zero-order valence-electron chi connectivity index (χ0n) is 15.4. The van der Waals surface area contributed by atoms with E-state index in [1.54, 1.807) is 38.5 Å². The summed E-state index contributed by atoms with van der Waals surface area (Å²) >= 11 is 0. The molecule has 134 valence electrons. The van der Waals surface area contributed by atoms with E-state index in [2.05, 4.69) is 0 Å². The number of benzene rings is 2. The molecule has 0 saturated heterocycles. The van der Waals surface area contributed by atoms with E-state index in [-0.39, 0.29) is 5.78 Å². The molecular formula is C22H22O4. The Bertz CT molecular complexity index is 891. The SMILES string of the molecule is COc1cccc(/C=C/C(=O)c2ccc(OC)c3c2OC(C)(C)C=C3)c1. The molecule has 0 N–H and O–H groups in total. The summed E-state index contributed by atoms with van der Waals surface area (Å²) in [6, 6.07) is 11.1. The molecule has 0 saturated carbocycles. The highest BCUT2D eigenvalue weighted by Crippen LogP contribution is 2.39. The molecular weight excluding hydrogens is 328 g/mol. The normalized spacial score (nSPS) is 14.6. The van der Waals surface area contributed by atoms with Gasteiger partial charge in [-0.2, -0.15) is 0 Å². The molecule has 0 unspecified atom stereocenters. The summed E-state index contributed by atoms with van der Waals surface area (Å²) in [5.74, 6) is 1.85. The first-order valence-electron chi connectivity index (χ1n) is 8.39. The summed E-state index contributed by atoms with van der Waals surface area (Å²) in [5.41, 5.74) is 1.70. The van der Waals surface area contributed by atoms with Crippen molar-refractivity contribution in [3.8, 4) is 17.2 Å². The van der Waals surface area contributed by atoms with Crippen LogP contribution in [0.4, 0.5) is 0 Å². The first-order chi connectivity index (χ1) is 12.4. The third-order valence-electron chi connectivity index (χ3n) is 4.18. The summed E-state index contributed by atoms with van der Waals surface area (Å²) in [5, 5.41) is 0. The number of allylic oxidation sites excluding steroid dienone is 1. The van der Waals surface area contributed by atoms with Crippen molar-refractivity contribution in [3.63, 3.8) is 0 Å². The highest BCUT2D eigenvalue weighted by atomic mass is 16.5. The van der Waals surface area contributed by atoms with Gasteiger partial charge in [0, 0.05) is 0 Å². The van der Waals surface area contributed by atoms with Gasteiger partial charge in [0.25, 0.3) is 0 Å². The Balaban J connectivity index is 1.95. The van der Waals surface area contributed by atoms with Crippen LogP contribution in [0.25, 0.3) is 12.2 Å². The van der Waals surface area contributed by atoms with E-state index in [0.717, 1.165) is 16.9 Å². The lowest BCUT2D eigenvalue weighted by molar-refractivity contribution is 0.103. The molecule has 0 atom stereocenters. The van der Waals surface area contributed by atoms with E-state index in [0.29, 0.717) is 17.1 Å². The first kappa shape index (κ1) is 17.8. The van der Waals surface area contributed by atoms with E-state index < -0.39 is 5.60 Å². The van der Waals surface area contributed by atoms with Crippen LogP contribution in [-0.2, 0) is 0 Å². The predicted molar refractivity (Wildman–Crippen MR) is 103 cm³/mol. The second kappa shape index (κ2) is 7.08. The Morgan fingerprint density at radius 2 is 1.92 bits per heavy atom. The number of fused-ring (bicyclic) bond motifs is 1. The van der Waals surface area contributed by atoms with Crippen LogP contribution in [0.15, 0.2) is 48.6 Å². The molecule has 0 radical (unpaired) electrons. The maximum absolute atomic E-state index is 12.8. The van der Waals surface area contributed by atoms with Crippen LogP contribution in [0.1, 0.15) is 35.3 Å². The molecule has 0 amide bonds. The van der Waals surface area contributed by atoms with Gasteiger partial charge in [-0.3, -0.25) is 4.79 Å². The van der Waals surface area contributed by atoms with Gasteiger partial charge in [-0.25, -0.2) is 0 Å². The quantitative estimate of drug-likeness (QED) is 0.575. The molecule has 0 fully saturated rings. The van der Waals surface area contributed by atoms with Crippen LogP contribution in [0.3, 0.4) is 0 Å². The minimum Gasteiger partial charge on any atom is -0.497 e. The maximum atomic E-state index is 12.8. The fraction of sp³-hybridized carbons (Fsp3) is 0.227. The predicted octanol–water partition coefficient (Wildman–Crippen LogP) is 4.78. The van der Waals surface area contributed by atoms with Gasteiger partial charge >= 0.3 is 0 Å². The monoisotopic (exact) mass is 350 g/mol.